The van der Waals surface area contributed by atoms with Crippen molar-refractivity contribution in [2.24, 2.45) is 5.10 Å². The molecule has 1 N–H and O–H groups in total. The summed E-state index contributed by atoms with van der Waals surface area (Å²) in [5.41, 5.74) is 1.95. The summed E-state index contributed by atoms with van der Waals surface area (Å²) >= 11 is 0. The van der Waals surface area contributed by atoms with Gasteiger partial charge >= 0.3 is 16.2 Å². The molecule has 0 saturated heterocycles. The molecule has 0 radical (unpaired) electrons. The highest BCUT2D eigenvalue weighted by molar-refractivity contribution is 7.87. The maximum Gasteiger partial charge on any atom is 0.427 e. The monoisotopic (exact) mass is 423 g/mol. The number of carbonyl (C=O) groups excluding carboxylic acids is 1. The molecular weight excluding hydrogens is 406 g/mol. The molecule has 0 bridgehead atoms. The number of methoxy groups -OCH3 is 1. The number of rotatable bonds is 8. The molecular formula is C17H17N3O8S. The number of nitrogens with one attached hydrogen (secondary N) is 1. The Labute approximate surface area is 166 Å². The van der Waals surface area contributed by atoms with Gasteiger partial charge in [-0.1, -0.05) is 12.1 Å². The van der Waals surface area contributed by atoms with E-state index in [0.29, 0.717) is 5.56 Å². The Morgan fingerprint density at radius 3 is 2.62 bits per heavy atom. The molecule has 0 aliphatic carbocycles. The Bertz CT molecular complexity index is 1040. The lowest BCUT2D eigenvalue weighted by Gasteiger charge is -2.12. The van der Waals surface area contributed by atoms with Crippen LogP contribution in [0.2, 0.25) is 0 Å². The summed E-state index contributed by atoms with van der Waals surface area (Å²) in [6.45, 7) is 1.88. The smallest absolute Gasteiger partial charge is 0.427 e. The van der Waals surface area contributed by atoms with Gasteiger partial charge in [0.15, 0.2) is 16.4 Å². The quantitative estimate of drug-likeness (QED) is 0.295. The van der Waals surface area contributed by atoms with Crippen LogP contribution in [0.15, 0.2) is 52.5 Å². The van der Waals surface area contributed by atoms with Crippen LogP contribution in [0.1, 0.15) is 12.5 Å². The van der Waals surface area contributed by atoms with Crippen molar-refractivity contribution >= 4 is 28.1 Å². The summed E-state index contributed by atoms with van der Waals surface area (Å²) in [4.78, 5) is 20.7. The lowest BCUT2D eigenvalue weighted by molar-refractivity contribution is -0.387. The SMILES string of the molecule is CCOc1cc(/C=N\NC(=O)OC)ccc1OS(=O)(=O)c1ccccc1[N+](=O)[O-]. The van der Waals surface area contributed by atoms with Crippen LogP contribution in [-0.4, -0.2) is 39.4 Å². The highest BCUT2D eigenvalue weighted by Crippen LogP contribution is 2.33. The molecule has 2 aromatic carbocycles. The summed E-state index contributed by atoms with van der Waals surface area (Å²) in [6, 6.07) is 9.02. The van der Waals surface area contributed by atoms with Crippen molar-refractivity contribution in [3.05, 3.63) is 58.1 Å². The number of para-hydroxylation sites is 1. The molecule has 2 aromatic rings. The van der Waals surface area contributed by atoms with Gasteiger partial charge in [-0.15, -0.1) is 0 Å². The van der Waals surface area contributed by atoms with Crippen molar-refractivity contribution in [3.8, 4) is 11.5 Å². The fourth-order valence-corrected chi connectivity index (χ4v) is 3.24. The van der Waals surface area contributed by atoms with Crippen LogP contribution in [0.4, 0.5) is 10.5 Å². The first-order chi connectivity index (χ1) is 13.8. The Hall–Kier alpha value is -3.67. The van der Waals surface area contributed by atoms with E-state index in [4.69, 9.17) is 8.92 Å². The van der Waals surface area contributed by atoms with E-state index in [1.165, 1.54) is 43.7 Å². The molecule has 29 heavy (non-hydrogen) atoms. The van der Waals surface area contributed by atoms with E-state index in [1.54, 1.807) is 6.92 Å². The average Bonchev–Trinajstić information content (AvgIpc) is 2.69. The molecule has 0 aliphatic heterocycles. The minimum absolute atomic E-state index is 0.0664. The zero-order valence-corrected chi connectivity index (χ0v) is 16.2. The second kappa shape index (κ2) is 9.50. The van der Waals surface area contributed by atoms with E-state index in [9.17, 15) is 23.3 Å². The van der Waals surface area contributed by atoms with Crippen molar-refractivity contribution in [1.82, 2.24) is 5.43 Å². The van der Waals surface area contributed by atoms with Crippen molar-refractivity contribution in [3.63, 3.8) is 0 Å². The van der Waals surface area contributed by atoms with Crippen molar-refractivity contribution in [1.29, 1.82) is 0 Å². The van der Waals surface area contributed by atoms with Gasteiger partial charge in [0.1, 0.15) is 0 Å². The summed E-state index contributed by atoms with van der Waals surface area (Å²) in [6.07, 6.45) is 0.515. The molecule has 0 heterocycles. The van der Waals surface area contributed by atoms with Crippen LogP contribution in [-0.2, 0) is 14.9 Å². The molecule has 154 valence electrons. The molecule has 0 saturated carbocycles. The number of hydrogen-bond acceptors (Lipinski definition) is 9. The molecule has 0 fully saturated rings. The van der Waals surface area contributed by atoms with Gasteiger partial charge in [-0.25, -0.2) is 10.2 Å². The minimum Gasteiger partial charge on any atom is -0.490 e. The van der Waals surface area contributed by atoms with E-state index in [0.717, 1.165) is 12.1 Å². The maximum atomic E-state index is 12.6. The third-order valence-electron chi connectivity index (χ3n) is 3.35. The lowest BCUT2D eigenvalue weighted by Crippen LogP contribution is -2.16. The fraction of sp³-hybridized carbons (Fsp3) is 0.176. The first-order valence-corrected chi connectivity index (χ1v) is 9.51. The average molecular weight is 423 g/mol. The summed E-state index contributed by atoms with van der Waals surface area (Å²) in [5, 5.41) is 14.8. The summed E-state index contributed by atoms with van der Waals surface area (Å²) < 4.78 is 40.0. The van der Waals surface area contributed by atoms with E-state index >= 15 is 0 Å². The molecule has 0 aromatic heterocycles. The van der Waals surface area contributed by atoms with E-state index in [1.807, 2.05) is 0 Å². The highest BCUT2D eigenvalue weighted by atomic mass is 32.2. The van der Waals surface area contributed by atoms with Crippen LogP contribution >= 0.6 is 0 Å². The minimum atomic E-state index is -4.50. The Kier molecular flexibility index (Phi) is 7.09. The van der Waals surface area contributed by atoms with Crippen LogP contribution < -0.4 is 14.3 Å². The number of benzene rings is 2. The third-order valence-corrected chi connectivity index (χ3v) is 4.64. The molecule has 0 spiro atoms. The van der Waals surface area contributed by atoms with Crippen LogP contribution in [0.25, 0.3) is 0 Å². The maximum absolute atomic E-state index is 12.6. The lowest BCUT2D eigenvalue weighted by atomic mass is 10.2. The predicted molar refractivity (Wildman–Crippen MR) is 102 cm³/mol. The number of hydrazone groups is 1. The van der Waals surface area contributed by atoms with Crippen molar-refractivity contribution in [2.75, 3.05) is 13.7 Å². The zero-order valence-electron chi connectivity index (χ0n) is 15.4. The predicted octanol–water partition coefficient (Wildman–Crippen LogP) is 2.45. The third kappa shape index (κ3) is 5.65. The number of amides is 1. The van der Waals surface area contributed by atoms with Gasteiger partial charge in [-0.3, -0.25) is 10.1 Å². The van der Waals surface area contributed by atoms with Crippen LogP contribution in [0, 0.1) is 10.1 Å². The van der Waals surface area contributed by atoms with Gasteiger partial charge in [0.25, 0.3) is 5.69 Å². The Morgan fingerprint density at radius 1 is 1.24 bits per heavy atom. The van der Waals surface area contributed by atoms with E-state index in [2.05, 4.69) is 15.3 Å². The number of nitrogens with zero attached hydrogens (tertiary/aromatic N) is 2. The number of nitro groups is 1. The summed E-state index contributed by atoms with van der Waals surface area (Å²) in [7, 11) is -3.32. The van der Waals surface area contributed by atoms with Gasteiger partial charge in [-0.2, -0.15) is 13.5 Å². The number of ether oxygens (including phenoxy) is 2. The van der Waals surface area contributed by atoms with Crippen LogP contribution in [0.5, 0.6) is 11.5 Å². The van der Waals surface area contributed by atoms with E-state index in [-0.39, 0.29) is 18.1 Å². The molecule has 0 atom stereocenters. The first kappa shape index (κ1) is 21.6. The van der Waals surface area contributed by atoms with Gasteiger partial charge in [0.05, 0.1) is 24.9 Å². The molecule has 12 heteroatoms. The van der Waals surface area contributed by atoms with Gasteiger partial charge in [0.2, 0.25) is 0 Å². The second-order valence-electron chi connectivity index (χ2n) is 5.26. The number of nitro benzene ring substituents is 1. The highest BCUT2D eigenvalue weighted by Gasteiger charge is 2.28. The largest absolute Gasteiger partial charge is 0.490 e. The first-order valence-electron chi connectivity index (χ1n) is 8.10. The molecule has 0 aliphatic rings. The van der Waals surface area contributed by atoms with Gasteiger partial charge < -0.3 is 13.7 Å². The molecule has 2 rings (SSSR count). The molecule has 1 amide bonds. The van der Waals surface area contributed by atoms with Gasteiger partial charge in [0, 0.05) is 6.07 Å². The number of carbonyl (C=O) groups is 1. The van der Waals surface area contributed by atoms with Crippen molar-refractivity contribution in [2.45, 2.75) is 11.8 Å². The zero-order chi connectivity index (χ0) is 21.4. The second-order valence-corrected chi connectivity index (χ2v) is 6.78. The van der Waals surface area contributed by atoms with E-state index < -0.39 is 31.7 Å². The van der Waals surface area contributed by atoms with Crippen molar-refractivity contribution < 1.29 is 31.8 Å². The summed E-state index contributed by atoms with van der Waals surface area (Å²) in [5.74, 6) is -0.0974. The molecule has 0 unspecified atom stereocenters. The van der Waals surface area contributed by atoms with Gasteiger partial charge in [-0.05, 0) is 36.8 Å². The molecule has 11 nitrogen and oxygen atoms in total. The Balaban J connectivity index is 2.34. The normalized spacial score (nSPS) is 11.1. The fourth-order valence-electron chi connectivity index (χ4n) is 2.13. The Morgan fingerprint density at radius 2 is 1.97 bits per heavy atom. The topological polar surface area (TPSA) is 146 Å². The van der Waals surface area contributed by atoms with Crippen LogP contribution in [0.3, 0.4) is 0 Å². The standard InChI is InChI=1S/C17H17N3O8S/c1-3-27-15-10-12(11-18-19-17(21)26-2)8-9-14(15)28-29(24,25)16-7-5-4-6-13(16)20(22)23/h4-11H,3H2,1-2H3,(H,19,21)/b18-11-. The number of hydrogen-bond donors (Lipinski definition) is 1.